The Morgan fingerprint density at radius 3 is 2.44 bits per heavy atom. The first-order valence-corrected chi connectivity index (χ1v) is 11.9. The van der Waals surface area contributed by atoms with E-state index in [0.717, 1.165) is 35.3 Å². The molecule has 1 aliphatic rings. The Labute approximate surface area is 199 Å². The van der Waals surface area contributed by atoms with Crippen molar-refractivity contribution in [3.05, 3.63) is 100 Å². The van der Waals surface area contributed by atoms with Crippen LogP contribution >= 0.6 is 0 Å². The molecular weight excluding hydrogens is 422 g/mol. The van der Waals surface area contributed by atoms with Crippen LogP contribution in [0.3, 0.4) is 0 Å². The highest BCUT2D eigenvalue weighted by atomic mass is 16.1. The maximum atomic E-state index is 13.5. The molecule has 1 saturated heterocycles. The second-order valence-electron chi connectivity index (χ2n) is 9.26. The number of nitrogens with zero attached hydrogens (tertiary/aromatic N) is 2. The van der Waals surface area contributed by atoms with Crippen molar-refractivity contribution in [3.63, 3.8) is 0 Å². The van der Waals surface area contributed by atoms with Gasteiger partial charge in [0.1, 0.15) is 6.04 Å². The van der Waals surface area contributed by atoms with Gasteiger partial charge in [-0.05, 0) is 80.1 Å². The van der Waals surface area contributed by atoms with Crippen LogP contribution in [-0.4, -0.2) is 28.4 Å². The third-order valence-corrected chi connectivity index (χ3v) is 6.86. The van der Waals surface area contributed by atoms with Gasteiger partial charge in [0, 0.05) is 0 Å². The molecule has 0 radical (unpaired) electrons. The van der Waals surface area contributed by atoms with Crippen LogP contribution in [0.2, 0.25) is 0 Å². The van der Waals surface area contributed by atoms with E-state index < -0.39 is 6.04 Å². The number of fused-ring (bicyclic) bond motifs is 1. The van der Waals surface area contributed by atoms with Crippen LogP contribution in [0, 0.1) is 6.92 Å². The van der Waals surface area contributed by atoms with Gasteiger partial charge in [-0.15, -0.1) is 0 Å². The van der Waals surface area contributed by atoms with Crippen LogP contribution in [0.1, 0.15) is 48.4 Å². The minimum atomic E-state index is -0.697. The van der Waals surface area contributed by atoms with Gasteiger partial charge in [0.05, 0.1) is 17.2 Å². The number of rotatable bonds is 5. The average molecular weight is 452 g/mol. The van der Waals surface area contributed by atoms with E-state index in [0.29, 0.717) is 16.8 Å². The number of ketones is 1. The predicted molar refractivity (Wildman–Crippen MR) is 136 cm³/mol. The smallest absolute Gasteiger partial charge is 0.262 e. The quantitative estimate of drug-likeness (QED) is 0.463. The number of benzene rings is 3. The number of hydrogen-bond donors (Lipinski definition) is 1. The molecule has 5 nitrogen and oxygen atoms in total. The molecule has 1 N–H and O–H groups in total. The second kappa shape index (κ2) is 9.35. The Morgan fingerprint density at radius 1 is 1.00 bits per heavy atom. The van der Waals surface area contributed by atoms with Crippen molar-refractivity contribution in [2.75, 3.05) is 13.1 Å². The van der Waals surface area contributed by atoms with Crippen molar-refractivity contribution in [3.8, 4) is 11.1 Å². The Morgan fingerprint density at radius 2 is 1.74 bits per heavy atom. The molecule has 0 amide bonds. The van der Waals surface area contributed by atoms with Crippen LogP contribution < -0.4 is 10.9 Å². The van der Waals surface area contributed by atoms with E-state index >= 15 is 0 Å². The van der Waals surface area contributed by atoms with Crippen molar-refractivity contribution in [2.24, 2.45) is 0 Å². The third kappa shape index (κ3) is 4.31. The lowest BCUT2D eigenvalue weighted by Crippen LogP contribution is -2.30. The Hall–Kier alpha value is -3.57. The number of aryl methyl sites for hydroxylation is 1. The highest BCUT2D eigenvalue weighted by molar-refractivity contribution is 5.86. The van der Waals surface area contributed by atoms with Gasteiger partial charge in [-0.2, -0.15) is 0 Å². The highest BCUT2D eigenvalue weighted by Gasteiger charge is 2.22. The molecule has 5 heteroatoms. The van der Waals surface area contributed by atoms with Crippen molar-refractivity contribution in [2.45, 2.75) is 38.6 Å². The summed E-state index contributed by atoms with van der Waals surface area (Å²) in [5.74, 6) is 0.506. The van der Waals surface area contributed by atoms with Gasteiger partial charge < -0.3 is 5.32 Å². The molecule has 34 heavy (non-hydrogen) atoms. The number of piperidine rings is 1. The fourth-order valence-electron chi connectivity index (χ4n) is 5.03. The van der Waals surface area contributed by atoms with Crippen molar-refractivity contribution >= 4 is 16.7 Å². The van der Waals surface area contributed by atoms with Crippen molar-refractivity contribution < 1.29 is 4.79 Å². The van der Waals surface area contributed by atoms with Gasteiger partial charge in [-0.1, -0.05) is 60.2 Å². The first-order valence-electron chi connectivity index (χ1n) is 11.9. The molecule has 4 aromatic rings. The molecule has 3 aromatic carbocycles. The molecule has 0 aliphatic carbocycles. The number of carbonyl (C=O) groups excluding carboxylic acids is 1. The lowest BCUT2D eigenvalue weighted by atomic mass is 9.89. The van der Waals surface area contributed by atoms with Crippen LogP contribution in [-0.2, 0) is 4.79 Å². The van der Waals surface area contributed by atoms with E-state index in [2.05, 4.69) is 34.6 Å². The summed E-state index contributed by atoms with van der Waals surface area (Å²) in [6, 6.07) is 21.5. The minimum absolute atomic E-state index is 0.0986. The first-order chi connectivity index (χ1) is 16.5. The summed E-state index contributed by atoms with van der Waals surface area (Å²) in [7, 11) is 0. The van der Waals surface area contributed by atoms with E-state index in [4.69, 9.17) is 0 Å². The summed E-state index contributed by atoms with van der Waals surface area (Å²) in [6.07, 6.45) is 3.82. The SMILES string of the molecule is CC(=O)C(c1cccc(C)c1)n1cnc2ccc(-c3ccc(C4CCNCC4)cc3)cc2c1=O. The number of nitrogens with one attached hydrogen (secondary N) is 1. The highest BCUT2D eigenvalue weighted by Crippen LogP contribution is 2.29. The van der Waals surface area contributed by atoms with Crippen LogP contribution in [0.4, 0.5) is 0 Å². The van der Waals surface area contributed by atoms with Crippen LogP contribution in [0.25, 0.3) is 22.0 Å². The van der Waals surface area contributed by atoms with Crippen LogP contribution in [0.15, 0.2) is 77.9 Å². The minimum Gasteiger partial charge on any atom is -0.317 e. The number of aromatic nitrogens is 2. The number of Topliss-reactive ketones (excluding diaryl/α,β-unsaturated/α-hetero) is 1. The van der Waals surface area contributed by atoms with Gasteiger partial charge in [0.25, 0.3) is 5.56 Å². The summed E-state index contributed by atoms with van der Waals surface area (Å²) in [6.45, 7) is 5.63. The lowest BCUT2D eigenvalue weighted by Gasteiger charge is -2.23. The fourth-order valence-corrected chi connectivity index (χ4v) is 5.03. The molecule has 2 heterocycles. The molecule has 0 bridgehead atoms. The summed E-state index contributed by atoms with van der Waals surface area (Å²) in [4.78, 5) is 30.7. The van der Waals surface area contributed by atoms with Crippen molar-refractivity contribution in [1.29, 1.82) is 0 Å². The zero-order chi connectivity index (χ0) is 23.7. The van der Waals surface area contributed by atoms with Gasteiger partial charge in [-0.25, -0.2) is 4.98 Å². The monoisotopic (exact) mass is 451 g/mol. The molecule has 1 unspecified atom stereocenters. The van der Waals surface area contributed by atoms with Crippen molar-refractivity contribution in [1.82, 2.24) is 14.9 Å². The van der Waals surface area contributed by atoms with Gasteiger partial charge in [0.15, 0.2) is 5.78 Å². The lowest BCUT2D eigenvalue weighted by molar-refractivity contribution is -0.119. The summed E-state index contributed by atoms with van der Waals surface area (Å²) < 4.78 is 1.46. The molecule has 172 valence electrons. The van der Waals surface area contributed by atoms with E-state index in [9.17, 15) is 9.59 Å². The zero-order valence-electron chi connectivity index (χ0n) is 19.6. The summed E-state index contributed by atoms with van der Waals surface area (Å²) >= 11 is 0. The van der Waals surface area contributed by atoms with E-state index in [1.165, 1.54) is 36.2 Å². The zero-order valence-corrected chi connectivity index (χ0v) is 19.6. The Kier molecular flexibility index (Phi) is 6.12. The average Bonchev–Trinajstić information content (AvgIpc) is 2.86. The normalized spacial score (nSPS) is 15.4. The standard InChI is InChI=1S/C29H29N3O2/c1-19-4-3-5-25(16-19)28(20(2)33)32-18-31-27-11-10-24(17-26(27)29(32)34)22-8-6-21(7-9-22)23-12-14-30-15-13-23/h3-11,16-18,23,28,30H,12-15H2,1-2H3. The molecule has 0 spiro atoms. The predicted octanol–water partition coefficient (Wildman–Crippen LogP) is 5.02. The Balaban J connectivity index is 1.53. The van der Waals surface area contributed by atoms with Gasteiger partial charge in [0.2, 0.25) is 0 Å². The molecule has 1 aromatic heterocycles. The first kappa shape index (κ1) is 22.2. The van der Waals surface area contributed by atoms with Gasteiger partial charge in [-0.3, -0.25) is 14.2 Å². The maximum absolute atomic E-state index is 13.5. The second-order valence-corrected chi connectivity index (χ2v) is 9.26. The summed E-state index contributed by atoms with van der Waals surface area (Å²) in [5.41, 5.74) is 5.66. The van der Waals surface area contributed by atoms with E-state index in [-0.39, 0.29) is 11.3 Å². The number of carbonyl (C=O) groups is 1. The number of hydrogen-bond acceptors (Lipinski definition) is 4. The molecule has 1 fully saturated rings. The van der Waals surface area contributed by atoms with Crippen LogP contribution in [0.5, 0.6) is 0 Å². The molecule has 1 aliphatic heterocycles. The van der Waals surface area contributed by atoms with E-state index in [1.54, 1.807) is 0 Å². The van der Waals surface area contributed by atoms with E-state index in [1.807, 2.05) is 49.4 Å². The molecular formula is C29H29N3O2. The molecule has 5 rings (SSSR count). The topological polar surface area (TPSA) is 64.0 Å². The Bertz CT molecular complexity index is 1400. The van der Waals surface area contributed by atoms with Gasteiger partial charge >= 0.3 is 0 Å². The largest absolute Gasteiger partial charge is 0.317 e. The maximum Gasteiger partial charge on any atom is 0.262 e. The molecule has 1 atom stereocenters. The summed E-state index contributed by atoms with van der Waals surface area (Å²) in [5, 5.41) is 3.93. The molecule has 0 saturated carbocycles. The third-order valence-electron chi connectivity index (χ3n) is 6.86. The fraction of sp³-hybridized carbons (Fsp3) is 0.276.